The standard InChI is InChI=1S/C12H8BrCl2NOS/c1-6-4-10(18-11(6)13)12(17)16-7-2-3-8(14)9(15)5-7/h2-5H,1H3,(H,16,17). The van der Waals surface area contributed by atoms with E-state index in [9.17, 15) is 4.79 Å². The summed E-state index contributed by atoms with van der Waals surface area (Å²) < 4.78 is 0.960. The predicted molar refractivity (Wildman–Crippen MR) is 81.2 cm³/mol. The lowest BCUT2D eigenvalue weighted by atomic mass is 10.3. The van der Waals surface area contributed by atoms with E-state index in [2.05, 4.69) is 21.2 Å². The molecule has 0 aliphatic heterocycles. The van der Waals surface area contributed by atoms with Gasteiger partial charge in [-0.15, -0.1) is 11.3 Å². The van der Waals surface area contributed by atoms with E-state index in [4.69, 9.17) is 23.2 Å². The summed E-state index contributed by atoms with van der Waals surface area (Å²) in [6, 6.07) is 6.82. The molecule has 0 bridgehead atoms. The SMILES string of the molecule is Cc1cc(C(=O)Nc2ccc(Cl)c(Cl)c2)sc1Br. The fourth-order valence-electron chi connectivity index (χ4n) is 1.34. The molecular weight excluding hydrogens is 357 g/mol. The number of carbonyl (C=O) groups excluding carboxylic acids is 1. The maximum Gasteiger partial charge on any atom is 0.265 e. The molecule has 18 heavy (non-hydrogen) atoms. The summed E-state index contributed by atoms with van der Waals surface area (Å²) >= 11 is 16.5. The van der Waals surface area contributed by atoms with Gasteiger partial charge < -0.3 is 5.32 Å². The first-order chi connectivity index (χ1) is 8.47. The van der Waals surface area contributed by atoms with Gasteiger partial charge in [-0.05, 0) is 52.7 Å². The van der Waals surface area contributed by atoms with Crippen molar-refractivity contribution in [1.82, 2.24) is 0 Å². The molecular formula is C12H8BrCl2NOS. The van der Waals surface area contributed by atoms with Gasteiger partial charge in [0, 0.05) is 5.69 Å². The molecule has 0 atom stereocenters. The minimum absolute atomic E-state index is 0.160. The highest BCUT2D eigenvalue weighted by atomic mass is 79.9. The lowest BCUT2D eigenvalue weighted by molar-refractivity contribution is 0.103. The van der Waals surface area contributed by atoms with Crippen molar-refractivity contribution in [2.45, 2.75) is 6.92 Å². The van der Waals surface area contributed by atoms with Gasteiger partial charge in [-0.3, -0.25) is 4.79 Å². The molecule has 0 fully saturated rings. The maximum absolute atomic E-state index is 12.0. The molecule has 94 valence electrons. The average molecular weight is 365 g/mol. The minimum atomic E-state index is -0.160. The summed E-state index contributed by atoms with van der Waals surface area (Å²) in [7, 11) is 0. The molecule has 1 aromatic carbocycles. The number of carbonyl (C=O) groups is 1. The van der Waals surface area contributed by atoms with E-state index in [1.165, 1.54) is 11.3 Å². The zero-order valence-corrected chi connectivity index (χ0v) is 13.2. The van der Waals surface area contributed by atoms with Crippen LogP contribution in [0.5, 0.6) is 0 Å². The number of rotatable bonds is 2. The number of halogens is 3. The van der Waals surface area contributed by atoms with Crippen molar-refractivity contribution in [2.75, 3.05) is 5.32 Å². The summed E-state index contributed by atoms with van der Waals surface area (Å²) in [5.41, 5.74) is 1.66. The first-order valence-corrected chi connectivity index (χ1v) is 7.36. The van der Waals surface area contributed by atoms with Gasteiger partial charge in [-0.2, -0.15) is 0 Å². The Balaban J connectivity index is 2.18. The zero-order valence-electron chi connectivity index (χ0n) is 9.26. The van der Waals surface area contributed by atoms with Crippen LogP contribution in [0.2, 0.25) is 10.0 Å². The number of nitrogens with one attached hydrogen (secondary N) is 1. The largest absolute Gasteiger partial charge is 0.321 e. The fraction of sp³-hybridized carbons (Fsp3) is 0.0833. The molecule has 0 radical (unpaired) electrons. The topological polar surface area (TPSA) is 29.1 Å². The van der Waals surface area contributed by atoms with E-state index in [0.717, 1.165) is 9.35 Å². The summed E-state index contributed by atoms with van der Waals surface area (Å²) in [6.07, 6.45) is 0. The number of aryl methyl sites for hydroxylation is 1. The molecule has 6 heteroatoms. The van der Waals surface area contributed by atoms with E-state index < -0.39 is 0 Å². The lowest BCUT2D eigenvalue weighted by Crippen LogP contribution is -2.09. The number of thiophene rings is 1. The Kier molecular flexibility index (Phi) is 4.33. The van der Waals surface area contributed by atoms with Crippen molar-refractivity contribution in [3.05, 3.63) is 48.5 Å². The highest BCUT2D eigenvalue weighted by Crippen LogP contribution is 2.29. The summed E-state index contributed by atoms with van der Waals surface area (Å²) in [5, 5.41) is 3.65. The summed E-state index contributed by atoms with van der Waals surface area (Å²) in [6.45, 7) is 1.94. The summed E-state index contributed by atoms with van der Waals surface area (Å²) in [4.78, 5) is 12.6. The van der Waals surface area contributed by atoms with Crippen LogP contribution in [0.25, 0.3) is 0 Å². The van der Waals surface area contributed by atoms with E-state index in [1.807, 2.05) is 13.0 Å². The molecule has 1 N–H and O–H groups in total. The number of benzene rings is 1. The normalized spacial score (nSPS) is 10.4. The molecule has 0 unspecified atom stereocenters. The van der Waals surface area contributed by atoms with Gasteiger partial charge in [-0.1, -0.05) is 23.2 Å². The third-order valence-electron chi connectivity index (χ3n) is 2.26. The molecule has 2 rings (SSSR count). The first kappa shape index (κ1) is 13.9. The second-order valence-corrected chi connectivity index (χ2v) is 6.83. The molecule has 0 spiro atoms. The predicted octanol–water partition coefficient (Wildman–Crippen LogP) is 5.38. The second kappa shape index (κ2) is 5.61. The van der Waals surface area contributed by atoms with Crippen LogP contribution in [0, 0.1) is 6.92 Å². The van der Waals surface area contributed by atoms with Gasteiger partial charge >= 0.3 is 0 Å². The van der Waals surface area contributed by atoms with Crippen molar-refractivity contribution < 1.29 is 4.79 Å². The van der Waals surface area contributed by atoms with Gasteiger partial charge in [0.15, 0.2) is 0 Å². The van der Waals surface area contributed by atoms with E-state index in [0.29, 0.717) is 20.6 Å². The molecule has 2 nitrogen and oxygen atoms in total. The molecule has 0 aliphatic carbocycles. The van der Waals surface area contributed by atoms with Crippen LogP contribution >= 0.6 is 50.5 Å². The van der Waals surface area contributed by atoms with Crippen molar-refractivity contribution >= 4 is 62.1 Å². The van der Waals surface area contributed by atoms with Gasteiger partial charge in [-0.25, -0.2) is 0 Å². The number of hydrogen-bond donors (Lipinski definition) is 1. The summed E-state index contributed by atoms with van der Waals surface area (Å²) in [5.74, 6) is -0.160. The third-order valence-corrected chi connectivity index (χ3v) is 5.13. The van der Waals surface area contributed by atoms with Gasteiger partial charge in [0.05, 0.1) is 18.7 Å². The second-order valence-electron chi connectivity index (χ2n) is 3.65. The monoisotopic (exact) mass is 363 g/mol. The number of anilines is 1. The Labute approximate surface area is 127 Å². The van der Waals surface area contributed by atoms with Crippen LogP contribution in [-0.4, -0.2) is 5.91 Å². The van der Waals surface area contributed by atoms with Crippen LogP contribution in [0.3, 0.4) is 0 Å². The van der Waals surface area contributed by atoms with Crippen molar-refractivity contribution in [3.8, 4) is 0 Å². The smallest absolute Gasteiger partial charge is 0.265 e. The van der Waals surface area contributed by atoms with Gasteiger partial charge in [0.2, 0.25) is 0 Å². The van der Waals surface area contributed by atoms with E-state index in [-0.39, 0.29) is 5.91 Å². The number of amides is 1. The Morgan fingerprint density at radius 1 is 1.28 bits per heavy atom. The van der Waals surface area contributed by atoms with Crippen LogP contribution < -0.4 is 5.32 Å². The Bertz CT molecular complexity index is 593. The van der Waals surface area contributed by atoms with Crippen LogP contribution in [0.15, 0.2) is 28.1 Å². The molecule has 0 aliphatic rings. The fourth-order valence-corrected chi connectivity index (χ4v) is 3.07. The third kappa shape index (κ3) is 3.06. The van der Waals surface area contributed by atoms with Crippen LogP contribution in [-0.2, 0) is 0 Å². The highest BCUT2D eigenvalue weighted by molar-refractivity contribution is 9.11. The quantitative estimate of drug-likeness (QED) is 0.761. The van der Waals surface area contributed by atoms with Crippen LogP contribution in [0.1, 0.15) is 15.2 Å². The van der Waals surface area contributed by atoms with Gasteiger partial charge in [0.1, 0.15) is 0 Å². The number of hydrogen-bond acceptors (Lipinski definition) is 2. The minimum Gasteiger partial charge on any atom is -0.321 e. The molecule has 0 saturated carbocycles. The molecule has 1 heterocycles. The van der Waals surface area contributed by atoms with Crippen molar-refractivity contribution in [1.29, 1.82) is 0 Å². The van der Waals surface area contributed by atoms with E-state index in [1.54, 1.807) is 18.2 Å². The van der Waals surface area contributed by atoms with Crippen molar-refractivity contribution in [2.24, 2.45) is 0 Å². The van der Waals surface area contributed by atoms with Crippen molar-refractivity contribution in [3.63, 3.8) is 0 Å². The molecule has 0 saturated heterocycles. The molecule has 2 aromatic rings. The Morgan fingerprint density at radius 2 is 2.00 bits per heavy atom. The Hall–Kier alpha value is -0.550. The maximum atomic E-state index is 12.0. The Morgan fingerprint density at radius 3 is 2.56 bits per heavy atom. The first-order valence-electron chi connectivity index (χ1n) is 4.99. The molecule has 1 aromatic heterocycles. The van der Waals surface area contributed by atoms with E-state index >= 15 is 0 Å². The lowest BCUT2D eigenvalue weighted by Gasteiger charge is -2.04. The average Bonchev–Trinajstić information content (AvgIpc) is 2.65. The molecule has 1 amide bonds. The van der Waals surface area contributed by atoms with Gasteiger partial charge in [0.25, 0.3) is 5.91 Å². The van der Waals surface area contributed by atoms with Crippen LogP contribution in [0.4, 0.5) is 5.69 Å². The highest BCUT2D eigenvalue weighted by Gasteiger charge is 2.11. The zero-order chi connectivity index (χ0) is 13.3.